The van der Waals surface area contributed by atoms with Crippen LogP contribution in [0.4, 0.5) is 4.79 Å². The average Bonchev–Trinajstić information content (AvgIpc) is 3.34. The Hall–Kier alpha value is -2.94. The lowest BCUT2D eigenvalue weighted by molar-refractivity contribution is -0.525. The van der Waals surface area contributed by atoms with E-state index in [-0.39, 0.29) is 54.5 Å². The van der Waals surface area contributed by atoms with E-state index in [1.165, 1.54) is 4.90 Å². The van der Waals surface area contributed by atoms with Gasteiger partial charge >= 0.3 is 13.2 Å². The number of nitrogens with zero attached hydrogens (tertiary/aromatic N) is 3. The highest BCUT2D eigenvalue weighted by Gasteiger charge is 2.68. The smallest absolute Gasteiger partial charge is 0.444 e. The van der Waals surface area contributed by atoms with Crippen LogP contribution in [0, 0.1) is 39.2 Å². The molecule has 270 valence electrons. The van der Waals surface area contributed by atoms with Gasteiger partial charge in [0.15, 0.2) is 10.8 Å². The lowest BCUT2D eigenvalue weighted by atomic mass is 9.43. The molecule has 2 bridgehead atoms. The van der Waals surface area contributed by atoms with Crippen LogP contribution in [-0.4, -0.2) is 83.2 Å². The molecule has 3 aliphatic carbocycles. The molecule has 0 aromatic carbocycles. The van der Waals surface area contributed by atoms with E-state index in [0.29, 0.717) is 37.6 Å². The van der Waals surface area contributed by atoms with E-state index in [1.807, 2.05) is 5.43 Å². The summed E-state index contributed by atoms with van der Waals surface area (Å²) in [5.41, 5.74) is 6.42. The summed E-state index contributed by atoms with van der Waals surface area (Å²) < 4.78 is 18.9. The van der Waals surface area contributed by atoms with E-state index < -0.39 is 47.3 Å². The molecule has 0 unspecified atom stereocenters. The van der Waals surface area contributed by atoms with Crippen LogP contribution in [0.3, 0.4) is 0 Å². The van der Waals surface area contributed by atoms with E-state index in [9.17, 15) is 24.5 Å². The summed E-state index contributed by atoms with van der Waals surface area (Å²) in [5, 5.41) is 13.1. The number of nitro groups is 1. The molecule has 5 fully saturated rings. The summed E-state index contributed by atoms with van der Waals surface area (Å²) in [4.78, 5) is 57.2. The summed E-state index contributed by atoms with van der Waals surface area (Å²) in [6, 6.07) is -0.687. The Labute approximate surface area is 285 Å². The van der Waals surface area contributed by atoms with Crippen LogP contribution in [0.15, 0.2) is 4.99 Å². The number of hydrogen-bond donors (Lipinski definition) is 3. The number of guanidine groups is 1. The Morgan fingerprint density at radius 2 is 1.90 bits per heavy atom. The van der Waals surface area contributed by atoms with Crippen molar-refractivity contribution in [3.63, 3.8) is 0 Å². The standard InChI is InChI=1S/C33H57BN6O8/c1-20(2)16-27(34-47-26-19-22-18-25(32(22,6)7)33(26,8)48-34)37-28(42)21(12-11-14-36-29(35)38-40(44)45)17-24(41)23-13-9-10-15-39(23)30(43)46-31(3,4)5/h20-23,25-27H,9-19H2,1-8H3,(H,37,42)(H3,35,36,38)/t21-,22-,23-,25-,26-,27+,33+/m1/s1. The van der Waals surface area contributed by atoms with Gasteiger partial charge in [0.05, 0.1) is 23.7 Å². The molecule has 2 amide bonds. The SMILES string of the molecule is CC(C)C[C@H](NC(=O)[C@H](CCCN=C(N)N[N+](=O)[O-])CC(=O)[C@H]1CCCCN1C(=O)OC(C)(C)C)B1O[C@@H]2C[C@H]3C[C@H](C3(C)C)[C@]2(C)O1. The molecule has 7 atom stereocenters. The molecule has 2 heterocycles. The molecule has 0 spiro atoms. The Bertz CT molecular complexity index is 1240. The second kappa shape index (κ2) is 14.9. The quantitative estimate of drug-likeness (QED) is 0.0642. The van der Waals surface area contributed by atoms with Gasteiger partial charge in [0.2, 0.25) is 5.91 Å². The van der Waals surface area contributed by atoms with E-state index in [4.69, 9.17) is 19.8 Å². The molecular formula is C33H57BN6O8. The summed E-state index contributed by atoms with van der Waals surface area (Å²) in [7, 11) is -0.614. The molecule has 14 nitrogen and oxygen atoms in total. The van der Waals surface area contributed by atoms with Crippen LogP contribution in [0.1, 0.15) is 113 Å². The number of likely N-dealkylation sites (tertiary alicyclic amines) is 1. The van der Waals surface area contributed by atoms with Crippen molar-refractivity contribution >= 4 is 30.9 Å². The molecular weight excluding hydrogens is 619 g/mol. The first-order valence-corrected chi connectivity index (χ1v) is 17.7. The number of ether oxygens (including phenoxy) is 1. The van der Waals surface area contributed by atoms with E-state index in [1.54, 1.807) is 20.8 Å². The molecule has 5 aliphatic rings. The van der Waals surface area contributed by atoms with Gasteiger partial charge < -0.3 is 25.1 Å². The Morgan fingerprint density at radius 1 is 1.19 bits per heavy atom. The highest BCUT2D eigenvalue weighted by Crippen LogP contribution is 2.65. The molecule has 4 N–H and O–H groups in total. The van der Waals surface area contributed by atoms with Crippen LogP contribution < -0.4 is 16.5 Å². The van der Waals surface area contributed by atoms with Crippen LogP contribution >= 0.6 is 0 Å². The van der Waals surface area contributed by atoms with E-state index in [2.05, 4.69) is 44.9 Å². The zero-order valence-electron chi connectivity index (χ0n) is 30.1. The molecule has 2 aliphatic heterocycles. The molecule has 3 saturated carbocycles. The van der Waals surface area contributed by atoms with Crippen molar-refractivity contribution in [1.82, 2.24) is 15.6 Å². The largest absolute Gasteiger partial charge is 0.481 e. The maximum atomic E-state index is 14.1. The van der Waals surface area contributed by atoms with Crippen molar-refractivity contribution in [2.75, 3.05) is 13.1 Å². The molecule has 5 rings (SSSR count). The molecule has 0 aromatic rings. The Kier molecular flexibility index (Phi) is 11.8. The van der Waals surface area contributed by atoms with Gasteiger partial charge in [-0.2, -0.15) is 0 Å². The molecule has 48 heavy (non-hydrogen) atoms. The van der Waals surface area contributed by atoms with E-state index >= 15 is 0 Å². The fraction of sp³-hybridized carbons (Fsp3) is 0.879. The third-order valence-corrected chi connectivity index (χ3v) is 10.9. The topological polar surface area (TPSA) is 188 Å². The van der Waals surface area contributed by atoms with Gasteiger partial charge in [-0.15, -0.1) is 0 Å². The first kappa shape index (κ1) is 37.9. The molecule has 0 radical (unpaired) electrons. The lowest BCUT2D eigenvalue weighted by Gasteiger charge is -2.64. The molecule has 2 saturated heterocycles. The number of piperidine rings is 1. The number of Topliss-reactive ketones (excluding diaryl/α,β-unsaturated/α-hetero) is 1. The fourth-order valence-corrected chi connectivity index (χ4v) is 8.29. The summed E-state index contributed by atoms with van der Waals surface area (Å²) in [6.45, 7) is 16.8. The maximum Gasteiger partial charge on any atom is 0.481 e. The van der Waals surface area contributed by atoms with Crippen molar-refractivity contribution in [1.29, 1.82) is 0 Å². The van der Waals surface area contributed by atoms with Crippen molar-refractivity contribution in [2.45, 2.75) is 142 Å². The number of nitrogens with two attached hydrogens (primary N) is 1. The van der Waals surface area contributed by atoms with Gasteiger partial charge in [0.1, 0.15) is 5.60 Å². The van der Waals surface area contributed by atoms with E-state index in [0.717, 1.165) is 25.7 Å². The van der Waals surface area contributed by atoms with Gasteiger partial charge in [-0.1, -0.05) is 33.1 Å². The summed E-state index contributed by atoms with van der Waals surface area (Å²) >= 11 is 0. The first-order chi connectivity index (χ1) is 22.3. The zero-order chi connectivity index (χ0) is 35.6. The Morgan fingerprint density at radius 3 is 2.52 bits per heavy atom. The number of rotatable bonds is 13. The highest BCUT2D eigenvalue weighted by molar-refractivity contribution is 6.47. The zero-order valence-corrected chi connectivity index (χ0v) is 30.1. The van der Waals surface area contributed by atoms with Crippen molar-refractivity contribution in [3.05, 3.63) is 10.1 Å². The number of amides is 2. The van der Waals surface area contributed by atoms with Crippen LogP contribution in [0.2, 0.25) is 0 Å². The number of hydrogen-bond acceptors (Lipinski definition) is 9. The number of carbonyl (C=O) groups is 3. The summed E-state index contributed by atoms with van der Waals surface area (Å²) in [6.07, 6.45) is 4.71. The van der Waals surface area contributed by atoms with Crippen LogP contribution in [0.5, 0.6) is 0 Å². The predicted octanol–water partition coefficient (Wildman–Crippen LogP) is 4.03. The predicted molar refractivity (Wildman–Crippen MR) is 181 cm³/mol. The third-order valence-electron chi connectivity index (χ3n) is 10.9. The second-order valence-electron chi connectivity index (χ2n) is 16.4. The number of aliphatic imine (C=N–C) groups is 1. The second-order valence-corrected chi connectivity index (χ2v) is 16.4. The first-order valence-electron chi connectivity index (χ1n) is 17.7. The monoisotopic (exact) mass is 676 g/mol. The number of carbonyl (C=O) groups excluding carboxylic acids is 3. The van der Waals surface area contributed by atoms with Gasteiger partial charge in [0, 0.05) is 25.4 Å². The summed E-state index contributed by atoms with van der Waals surface area (Å²) in [5.74, 6) is -0.799. The minimum Gasteiger partial charge on any atom is -0.444 e. The normalized spacial score (nSPS) is 29.4. The van der Waals surface area contributed by atoms with Gasteiger partial charge in [-0.25, -0.2) is 19.9 Å². The minimum absolute atomic E-state index is 0.0375. The van der Waals surface area contributed by atoms with Gasteiger partial charge in [-0.05, 0) is 102 Å². The van der Waals surface area contributed by atoms with Crippen molar-refractivity contribution in [2.24, 2.45) is 39.8 Å². The molecule has 15 heteroatoms. The fourth-order valence-electron chi connectivity index (χ4n) is 8.29. The number of hydrazine groups is 1. The third kappa shape index (κ3) is 8.80. The highest BCUT2D eigenvalue weighted by atomic mass is 16.7. The average molecular weight is 677 g/mol. The number of nitrogens with one attached hydrogen (secondary N) is 2. The van der Waals surface area contributed by atoms with Crippen molar-refractivity contribution in [3.8, 4) is 0 Å². The van der Waals surface area contributed by atoms with Crippen LogP contribution in [-0.2, 0) is 23.6 Å². The Balaban J connectivity index is 1.50. The van der Waals surface area contributed by atoms with Crippen molar-refractivity contribution < 1.29 is 33.5 Å². The lowest BCUT2D eigenvalue weighted by Crippen LogP contribution is -2.65. The van der Waals surface area contributed by atoms with Gasteiger partial charge in [0.25, 0.3) is 5.96 Å². The minimum atomic E-state index is -0.794. The van der Waals surface area contributed by atoms with Crippen LogP contribution in [0.25, 0.3) is 0 Å². The molecule has 0 aromatic heterocycles. The number of ketones is 1. The van der Waals surface area contributed by atoms with Gasteiger partial charge in [-0.3, -0.25) is 14.5 Å². The maximum absolute atomic E-state index is 14.1.